The highest BCUT2D eigenvalue weighted by Crippen LogP contribution is 2.13. The quantitative estimate of drug-likeness (QED) is 0.663. The molecule has 0 rings (SSSR count). The van der Waals surface area contributed by atoms with Crippen molar-refractivity contribution in [3.05, 3.63) is 0 Å². The van der Waals surface area contributed by atoms with Crippen molar-refractivity contribution >= 4 is 0 Å². The minimum atomic E-state index is -0.432. The molecule has 0 amide bonds. The van der Waals surface area contributed by atoms with E-state index in [-0.39, 0.29) is 0 Å². The lowest BCUT2D eigenvalue weighted by atomic mass is 9.97. The van der Waals surface area contributed by atoms with Crippen LogP contribution in [-0.2, 0) is 4.74 Å². The minimum Gasteiger partial charge on any atom is -0.378 e. The van der Waals surface area contributed by atoms with E-state index in [0.717, 1.165) is 19.4 Å². The Balaban J connectivity index is 3.89. The monoisotopic (exact) mass is 240 g/mol. The number of nitrogens with one attached hydrogen (secondary N) is 1. The summed E-state index contributed by atoms with van der Waals surface area (Å²) in [4.78, 5) is 0. The molecule has 3 nitrogen and oxygen atoms in total. The van der Waals surface area contributed by atoms with Gasteiger partial charge < -0.3 is 4.74 Å². The second kappa shape index (κ2) is 7.68. The first-order valence-electron chi connectivity index (χ1n) is 6.61. The van der Waals surface area contributed by atoms with Crippen molar-refractivity contribution in [2.75, 3.05) is 6.61 Å². The fraction of sp³-hybridized carbons (Fsp3) is 0.929. The molecule has 0 spiro atoms. The molecule has 0 aromatic heterocycles. The minimum absolute atomic E-state index is 0.293. The SMILES string of the molecule is CC(C)NC(C)(C#N)CCCOC(C)C(C)C. The summed E-state index contributed by atoms with van der Waals surface area (Å²) in [6.07, 6.45) is 2.04. The fourth-order valence-corrected chi connectivity index (χ4v) is 1.68. The van der Waals surface area contributed by atoms with Gasteiger partial charge in [-0.05, 0) is 46.5 Å². The fourth-order valence-electron chi connectivity index (χ4n) is 1.68. The zero-order chi connectivity index (χ0) is 13.5. The Morgan fingerprint density at radius 1 is 1.24 bits per heavy atom. The average Bonchev–Trinajstić information content (AvgIpc) is 2.23. The van der Waals surface area contributed by atoms with E-state index >= 15 is 0 Å². The van der Waals surface area contributed by atoms with Gasteiger partial charge in [-0.2, -0.15) is 5.26 Å². The molecule has 17 heavy (non-hydrogen) atoms. The second-order valence-electron chi connectivity index (χ2n) is 5.67. The summed E-state index contributed by atoms with van der Waals surface area (Å²) in [6.45, 7) is 13.2. The van der Waals surface area contributed by atoms with Gasteiger partial charge >= 0.3 is 0 Å². The Morgan fingerprint density at radius 3 is 2.24 bits per heavy atom. The Hall–Kier alpha value is -0.590. The summed E-state index contributed by atoms with van der Waals surface area (Å²) in [6, 6.07) is 2.68. The molecule has 0 bridgehead atoms. The third kappa shape index (κ3) is 7.36. The van der Waals surface area contributed by atoms with Crippen LogP contribution in [0, 0.1) is 17.2 Å². The van der Waals surface area contributed by atoms with Gasteiger partial charge in [-0.15, -0.1) is 0 Å². The number of nitrogens with zero attached hydrogens (tertiary/aromatic N) is 1. The molecule has 0 aromatic carbocycles. The summed E-state index contributed by atoms with van der Waals surface area (Å²) < 4.78 is 5.71. The van der Waals surface area contributed by atoms with Crippen LogP contribution in [0.15, 0.2) is 0 Å². The molecule has 0 aliphatic rings. The maximum absolute atomic E-state index is 9.18. The molecule has 2 atom stereocenters. The van der Waals surface area contributed by atoms with Gasteiger partial charge in [-0.3, -0.25) is 5.32 Å². The average molecular weight is 240 g/mol. The van der Waals surface area contributed by atoms with Crippen LogP contribution in [-0.4, -0.2) is 24.3 Å². The Bertz CT molecular complexity index is 245. The normalized spacial score (nSPS) is 16.9. The first-order chi connectivity index (χ1) is 7.80. The molecule has 0 aliphatic heterocycles. The first kappa shape index (κ1) is 16.4. The van der Waals surface area contributed by atoms with Crippen LogP contribution in [0.4, 0.5) is 0 Å². The molecular formula is C14H28N2O. The first-order valence-corrected chi connectivity index (χ1v) is 6.61. The molecule has 0 saturated heterocycles. The van der Waals surface area contributed by atoms with Crippen molar-refractivity contribution in [1.29, 1.82) is 5.26 Å². The lowest BCUT2D eigenvalue weighted by molar-refractivity contribution is 0.0314. The highest BCUT2D eigenvalue weighted by atomic mass is 16.5. The smallest absolute Gasteiger partial charge is 0.104 e. The predicted octanol–water partition coefficient (Wildman–Crippen LogP) is 3.11. The third-order valence-corrected chi connectivity index (χ3v) is 2.99. The largest absolute Gasteiger partial charge is 0.378 e. The second-order valence-corrected chi connectivity index (χ2v) is 5.67. The zero-order valence-electron chi connectivity index (χ0n) is 12.2. The van der Waals surface area contributed by atoms with E-state index in [1.54, 1.807) is 0 Å². The Morgan fingerprint density at radius 2 is 1.82 bits per heavy atom. The summed E-state index contributed by atoms with van der Waals surface area (Å²) in [5.41, 5.74) is -0.432. The van der Waals surface area contributed by atoms with Crippen LogP contribution >= 0.6 is 0 Å². The van der Waals surface area contributed by atoms with Gasteiger partial charge in [0.05, 0.1) is 12.2 Å². The van der Waals surface area contributed by atoms with Gasteiger partial charge in [-0.25, -0.2) is 0 Å². The molecule has 0 radical (unpaired) electrons. The van der Waals surface area contributed by atoms with Crippen molar-refractivity contribution in [2.24, 2.45) is 5.92 Å². The summed E-state index contributed by atoms with van der Waals surface area (Å²) in [5.74, 6) is 0.547. The number of hydrogen-bond acceptors (Lipinski definition) is 3. The highest BCUT2D eigenvalue weighted by Gasteiger charge is 2.23. The van der Waals surface area contributed by atoms with E-state index in [1.807, 2.05) is 6.92 Å². The van der Waals surface area contributed by atoms with Crippen LogP contribution < -0.4 is 5.32 Å². The van der Waals surface area contributed by atoms with Crippen LogP contribution in [0.25, 0.3) is 0 Å². The van der Waals surface area contributed by atoms with E-state index < -0.39 is 5.54 Å². The molecule has 0 saturated carbocycles. The number of hydrogen-bond donors (Lipinski definition) is 1. The zero-order valence-corrected chi connectivity index (χ0v) is 12.2. The Kier molecular flexibility index (Phi) is 7.41. The van der Waals surface area contributed by atoms with Crippen LogP contribution in [0.1, 0.15) is 54.4 Å². The molecule has 0 aromatic rings. The van der Waals surface area contributed by atoms with Gasteiger partial charge in [0.25, 0.3) is 0 Å². The van der Waals surface area contributed by atoms with Gasteiger partial charge in [0, 0.05) is 12.6 Å². The van der Waals surface area contributed by atoms with E-state index in [4.69, 9.17) is 4.74 Å². The molecule has 100 valence electrons. The van der Waals surface area contributed by atoms with Crippen molar-refractivity contribution in [3.8, 4) is 6.07 Å². The standard InChI is InChI=1S/C14H28N2O/c1-11(2)13(5)17-9-7-8-14(6,10-15)16-12(3)4/h11-13,16H,7-9H2,1-6H3. The van der Waals surface area contributed by atoms with Crippen molar-refractivity contribution < 1.29 is 4.74 Å². The van der Waals surface area contributed by atoms with Crippen LogP contribution in [0.3, 0.4) is 0 Å². The number of nitriles is 1. The van der Waals surface area contributed by atoms with Gasteiger partial charge in [0.2, 0.25) is 0 Å². The maximum atomic E-state index is 9.18. The number of rotatable bonds is 8. The number of ether oxygens (including phenoxy) is 1. The van der Waals surface area contributed by atoms with E-state index in [1.165, 1.54) is 0 Å². The van der Waals surface area contributed by atoms with Crippen molar-refractivity contribution in [1.82, 2.24) is 5.32 Å². The third-order valence-electron chi connectivity index (χ3n) is 2.99. The highest BCUT2D eigenvalue weighted by molar-refractivity contribution is 5.04. The summed E-state index contributed by atoms with van der Waals surface area (Å²) in [7, 11) is 0. The van der Waals surface area contributed by atoms with Crippen molar-refractivity contribution in [2.45, 2.75) is 72.1 Å². The van der Waals surface area contributed by atoms with E-state index in [0.29, 0.717) is 18.1 Å². The summed E-state index contributed by atoms with van der Waals surface area (Å²) in [5, 5.41) is 12.5. The molecule has 2 unspecified atom stereocenters. The molecule has 0 aliphatic carbocycles. The van der Waals surface area contributed by atoms with Gasteiger partial charge in [0.15, 0.2) is 0 Å². The lowest BCUT2D eigenvalue weighted by Gasteiger charge is -2.26. The van der Waals surface area contributed by atoms with E-state index in [9.17, 15) is 5.26 Å². The van der Waals surface area contributed by atoms with E-state index in [2.05, 4.69) is 46.0 Å². The van der Waals surface area contributed by atoms with Gasteiger partial charge in [0.1, 0.15) is 5.54 Å². The topological polar surface area (TPSA) is 45.0 Å². The molecule has 0 heterocycles. The maximum Gasteiger partial charge on any atom is 0.104 e. The predicted molar refractivity (Wildman–Crippen MR) is 71.8 cm³/mol. The van der Waals surface area contributed by atoms with Crippen LogP contribution in [0.5, 0.6) is 0 Å². The Labute approximate surface area is 107 Å². The summed E-state index contributed by atoms with van der Waals surface area (Å²) >= 11 is 0. The van der Waals surface area contributed by atoms with Gasteiger partial charge in [-0.1, -0.05) is 13.8 Å². The molecule has 3 heteroatoms. The molecular weight excluding hydrogens is 212 g/mol. The van der Waals surface area contributed by atoms with Crippen LogP contribution in [0.2, 0.25) is 0 Å². The van der Waals surface area contributed by atoms with Crippen molar-refractivity contribution in [3.63, 3.8) is 0 Å². The molecule has 0 fully saturated rings. The molecule has 1 N–H and O–H groups in total. The lowest BCUT2D eigenvalue weighted by Crippen LogP contribution is -2.45.